The van der Waals surface area contributed by atoms with E-state index in [0.29, 0.717) is 0 Å². The van der Waals surface area contributed by atoms with Crippen molar-refractivity contribution in [1.82, 2.24) is 14.7 Å². The normalized spacial score (nSPS) is 15.6. The molecule has 0 unspecified atom stereocenters. The highest BCUT2D eigenvalue weighted by Gasteiger charge is 2.35. The van der Waals surface area contributed by atoms with E-state index in [2.05, 4.69) is 14.7 Å². The number of rotatable bonds is 5. The zero-order chi connectivity index (χ0) is 13.3. The standard InChI is InChI=1S/C12H13N3O2S2/c16-19(17,10-4-5-10)14-7-9-8-18-12(15-9)11-3-1-2-6-13-11/h1-3,6,8,10,14H,4-5,7H2. The van der Waals surface area contributed by atoms with Crippen molar-refractivity contribution in [3.05, 3.63) is 35.5 Å². The summed E-state index contributed by atoms with van der Waals surface area (Å²) in [5.74, 6) is 0. The number of pyridine rings is 1. The highest BCUT2D eigenvalue weighted by Crippen LogP contribution is 2.28. The van der Waals surface area contributed by atoms with E-state index in [-0.39, 0.29) is 11.8 Å². The molecule has 2 aromatic rings. The van der Waals surface area contributed by atoms with Gasteiger partial charge in [-0.3, -0.25) is 4.98 Å². The van der Waals surface area contributed by atoms with Gasteiger partial charge in [-0.2, -0.15) is 0 Å². The second-order valence-electron chi connectivity index (χ2n) is 4.42. The van der Waals surface area contributed by atoms with Crippen molar-refractivity contribution in [3.8, 4) is 10.7 Å². The van der Waals surface area contributed by atoms with Gasteiger partial charge in [0.25, 0.3) is 0 Å². The first-order valence-corrected chi connectivity index (χ1v) is 8.42. The number of hydrogen-bond acceptors (Lipinski definition) is 5. The monoisotopic (exact) mass is 295 g/mol. The Hall–Kier alpha value is -1.31. The van der Waals surface area contributed by atoms with Crippen LogP contribution in [0.5, 0.6) is 0 Å². The van der Waals surface area contributed by atoms with Gasteiger partial charge in [-0.1, -0.05) is 6.07 Å². The minimum absolute atomic E-state index is 0.193. The SMILES string of the molecule is O=S(=O)(NCc1csc(-c2ccccn2)n1)C1CC1. The van der Waals surface area contributed by atoms with E-state index < -0.39 is 10.0 Å². The zero-order valence-electron chi connectivity index (χ0n) is 10.1. The van der Waals surface area contributed by atoms with E-state index in [1.807, 2.05) is 23.6 Å². The molecule has 1 N–H and O–H groups in total. The number of hydrogen-bond donors (Lipinski definition) is 1. The summed E-state index contributed by atoms with van der Waals surface area (Å²) < 4.78 is 26.0. The Labute approximate surface area is 115 Å². The van der Waals surface area contributed by atoms with E-state index in [9.17, 15) is 8.42 Å². The van der Waals surface area contributed by atoms with E-state index in [1.54, 1.807) is 6.20 Å². The number of sulfonamides is 1. The highest BCUT2D eigenvalue weighted by molar-refractivity contribution is 7.90. The fraction of sp³-hybridized carbons (Fsp3) is 0.333. The lowest BCUT2D eigenvalue weighted by Gasteiger charge is -2.02. The molecule has 19 heavy (non-hydrogen) atoms. The molecule has 1 aliphatic carbocycles. The van der Waals surface area contributed by atoms with Gasteiger partial charge >= 0.3 is 0 Å². The summed E-state index contributed by atoms with van der Waals surface area (Å²) in [6, 6.07) is 5.64. The molecule has 0 atom stereocenters. The van der Waals surface area contributed by atoms with Crippen LogP contribution >= 0.6 is 11.3 Å². The summed E-state index contributed by atoms with van der Waals surface area (Å²) in [6.45, 7) is 0.252. The Balaban J connectivity index is 1.69. The molecule has 0 aromatic carbocycles. The molecular formula is C12H13N3O2S2. The molecular weight excluding hydrogens is 282 g/mol. The van der Waals surface area contributed by atoms with E-state index >= 15 is 0 Å². The van der Waals surface area contributed by atoms with Crippen LogP contribution < -0.4 is 4.72 Å². The van der Waals surface area contributed by atoms with Crippen molar-refractivity contribution in [2.24, 2.45) is 0 Å². The van der Waals surface area contributed by atoms with Gasteiger partial charge in [0.05, 0.1) is 23.2 Å². The van der Waals surface area contributed by atoms with Crippen molar-refractivity contribution in [3.63, 3.8) is 0 Å². The first-order chi connectivity index (χ1) is 9.15. The molecule has 0 amide bonds. The summed E-state index contributed by atoms with van der Waals surface area (Å²) in [4.78, 5) is 8.61. The van der Waals surface area contributed by atoms with Gasteiger partial charge in [0.15, 0.2) is 0 Å². The average Bonchev–Trinajstić information content (AvgIpc) is 3.18. The van der Waals surface area contributed by atoms with Crippen molar-refractivity contribution < 1.29 is 8.42 Å². The lowest BCUT2D eigenvalue weighted by atomic mass is 10.4. The maximum atomic E-state index is 11.7. The van der Waals surface area contributed by atoms with Gasteiger partial charge in [-0.15, -0.1) is 11.3 Å². The van der Waals surface area contributed by atoms with Gasteiger partial charge in [0.1, 0.15) is 5.01 Å². The van der Waals surface area contributed by atoms with E-state index in [4.69, 9.17) is 0 Å². The molecule has 0 saturated heterocycles. The van der Waals surface area contributed by atoms with Crippen molar-refractivity contribution in [2.75, 3.05) is 0 Å². The third-order valence-corrected chi connectivity index (χ3v) is 5.66. The molecule has 0 bridgehead atoms. The van der Waals surface area contributed by atoms with Gasteiger partial charge < -0.3 is 0 Å². The number of nitrogens with one attached hydrogen (secondary N) is 1. The molecule has 1 saturated carbocycles. The Kier molecular flexibility index (Phi) is 3.34. The zero-order valence-corrected chi connectivity index (χ0v) is 11.7. The fourth-order valence-corrected chi connectivity index (χ4v) is 3.80. The van der Waals surface area contributed by atoms with E-state index in [0.717, 1.165) is 29.2 Å². The first kappa shape index (κ1) is 12.7. The first-order valence-electron chi connectivity index (χ1n) is 5.99. The van der Waals surface area contributed by atoms with Crippen LogP contribution in [0.15, 0.2) is 29.8 Å². The molecule has 7 heteroatoms. The Morgan fingerprint density at radius 2 is 2.21 bits per heavy atom. The fourth-order valence-electron chi connectivity index (χ4n) is 1.67. The topological polar surface area (TPSA) is 72.0 Å². The molecule has 1 aliphatic rings. The maximum Gasteiger partial charge on any atom is 0.214 e. The number of nitrogens with zero attached hydrogens (tertiary/aromatic N) is 2. The molecule has 1 fully saturated rings. The van der Waals surface area contributed by atoms with Gasteiger partial charge in [0.2, 0.25) is 10.0 Å². The third-order valence-electron chi connectivity index (χ3n) is 2.85. The lowest BCUT2D eigenvalue weighted by Crippen LogP contribution is -2.26. The summed E-state index contributed by atoms with van der Waals surface area (Å²) >= 11 is 1.47. The largest absolute Gasteiger partial charge is 0.254 e. The molecule has 2 heterocycles. The van der Waals surface area contributed by atoms with Crippen LogP contribution in [-0.4, -0.2) is 23.6 Å². The molecule has 0 spiro atoms. The van der Waals surface area contributed by atoms with Crippen molar-refractivity contribution in [2.45, 2.75) is 24.6 Å². The summed E-state index contributed by atoms with van der Waals surface area (Å²) in [6.07, 6.45) is 3.25. The highest BCUT2D eigenvalue weighted by atomic mass is 32.2. The predicted molar refractivity (Wildman–Crippen MR) is 74.1 cm³/mol. The Morgan fingerprint density at radius 1 is 1.37 bits per heavy atom. The average molecular weight is 295 g/mol. The van der Waals surface area contributed by atoms with Crippen LogP contribution in [-0.2, 0) is 16.6 Å². The maximum absolute atomic E-state index is 11.7. The second-order valence-corrected chi connectivity index (χ2v) is 7.33. The van der Waals surface area contributed by atoms with Crippen LogP contribution in [0.2, 0.25) is 0 Å². The van der Waals surface area contributed by atoms with Gasteiger partial charge in [-0.05, 0) is 25.0 Å². The number of aromatic nitrogens is 2. The van der Waals surface area contributed by atoms with Crippen LogP contribution in [0.3, 0.4) is 0 Å². The minimum atomic E-state index is -3.14. The number of thiazole rings is 1. The second kappa shape index (κ2) is 4.99. The van der Waals surface area contributed by atoms with Crippen molar-refractivity contribution in [1.29, 1.82) is 0 Å². The van der Waals surface area contributed by atoms with Crippen LogP contribution in [0, 0.1) is 0 Å². The quantitative estimate of drug-likeness (QED) is 0.912. The molecule has 100 valence electrons. The summed E-state index contributed by atoms with van der Waals surface area (Å²) in [5, 5.41) is 2.47. The smallest absolute Gasteiger partial charge is 0.214 e. The molecule has 0 aliphatic heterocycles. The summed E-state index contributed by atoms with van der Waals surface area (Å²) in [7, 11) is -3.14. The van der Waals surface area contributed by atoms with Crippen LogP contribution in [0.4, 0.5) is 0 Å². The van der Waals surface area contributed by atoms with Gasteiger partial charge in [0, 0.05) is 11.6 Å². The van der Waals surface area contributed by atoms with E-state index in [1.165, 1.54) is 11.3 Å². The van der Waals surface area contributed by atoms with Crippen molar-refractivity contribution >= 4 is 21.4 Å². The Bertz CT molecular complexity index is 663. The summed E-state index contributed by atoms with van der Waals surface area (Å²) in [5.41, 5.74) is 1.54. The lowest BCUT2D eigenvalue weighted by molar-refractivity contribution is 0.579. The molecule has 0 radical (unpaired) electrons. The van der Waals surface area contributed by atoms with Crippen LogP contribution in [0.1, 0.15) is 18.5 Å². The molecule has 5 nitrogen and oxygen atoms in total. The molecule has 2 aromatic heterocycles. The van der Waals surface area contributed by atoms with Gasteiger partial charge in [-0.25, -0.2) is 18.1 Å². The van der Waals surface area contributed by atoms with Crippen LogP contribution in [0.25, 0.3) is 10.7 Å². The Morgan fingerprint density at radius 3 is 2.89 bits per heavy atom. The third kappa shape index (κ3) is 2.99. The minimum Gasteiger partial charge on any atom is -0.254 e. The predicted octanol–water partition coefficient (Wildman–Crippen LogP) is 1.79. The molecule has 3 rings (SSSR count).